The van der Waals surface area contributed by atoms with Crippen molar-refractivity contribution in [3.63, 3.8) is 0 Å². The lowest BCUT2D eigenvalue weighted by Crippen LogP contribution is -2.26. The van der Waals surface area contributed by atoms with Crippen LogP contribution in [0, 0.1) is 11.3 Å². The lowest BCUT2D eigenvalue weighted by Gasteiger charge is -2.35. The molecule has 90 heavy (non-hydrogen) atoms. The van der Waals surface area contributed by atoms with Gasteiger partial charge in [-0.15, -0.1) is 34.0 Å². The van der Waals surface area contributed by atoms with Crippen LogP contribution in [-0.2, 0) is 15.6 Å². The summed E-state index contributed by atoms with van der Waals surface area (Å²) in [6, 6.07) is 85.4. The van der Waals surface area contributed by atoms with Gasteiger partial charge in [0.25, 0.3) is 0 Å². The molecular weight excluding hydrogens is 1160 g/mol. The van der Waals surface area contributed by atoms with Crippen molar-refractivity contribution in [2.45, 2.75) is 116 Å². The molecule has 5 nitrogen and oxygen atoms in total. The summed E-state index contributed by atoms with van der Waals surface area (Å²) in [6.45, 7) is 9.36. The number of carbonyl (C=O) groups is 1. The highest BCUT2D eigenvalue weighted by atomic mass is 32.1. The largest absolute Gasteiger partial charge is 0.477 e. The maximum atomic E-state index is 11.8. The van der Waals surface area contributed by atoms with Crippen LogP contribution in [0.5, 0.6) is 0 Å². The number of benzene rings is 8. The molecule has 0 bridgehead atoms. The summed E-state index contributed by atoms with van der Waals surface area (Å²) in [5, 5.41) is 19.1. The van der Waals surface area contributed by atoms with Gasteiger partial charge < -0.3 is 14.9 Å². The number of carboxylic acid groups (broad SMARTS) is 1. The van der Waals surface area contributed by atoms with Gasteiger partial charge in [0.15, 0.2) is 0 Å². The van der Waals surface area contributed by atoms with Crippen molar-refractivity contribution < 1.29 is 9.90 Å². The Bertz CT molecular complexity index is 4250. The number of para-hydroxylation sites is 2. The van der Waals surface area contributed by atoms with Crippen LogP contribution < -0.4 is 9.80 Å². The number of hydrogen-bond acceptors (Lipinski definition) is 7. The Hall–Kier alpha value is -8.84. The first-order valence-corrected chi connectivity index (χ1v) is 34.7. The van der Waals surface area contributed by atoms with Crippen molar-refractivity contribution in [3.05, 3.63) is 257 Å². The van der Waals surface area contributed by atoms with E-state index in [2.05, 4.69) is 250 Å². The van der Waals surface area contributed by atoms with E-state index in [1.54, 1.807) is 11.3 Å². The maximum absolute atomic E-state index is 11.8. The molecule has 0 saturated carbocycles. The molecule has 8 heteroatoms. The number of nitriles is 1. The molecule has 3 aromatic heterocycles. The predicted molar refractivity (Wildman–Crippen MR) is 383 cm³/mol. The average Bonchev–Trinajstić information content (AvgIpc) is 1.57. The van der Waals surface area contributed by atoms with Gasteiger partial charge in [0, 0.05) is 74.9 Å². The molecule has 3 heterocycles. The third kappa shape index (κ3) is 11.3. The molecule has 0 aliphatic heterocycles. The van der Waals surface area contributed by atoms with Gasteiger partial charge in [-0.05, 0) is 191 Å². The Morgan fingerprint density at radius 1 is 0.411 bits per heavy atom. The topological polar surface area (TPSA) is 67.6 Å². The SMILES string of the molecule is CCCCC1(CCCC)c2ccccc2-c2ccc(N(c3ccc(-c4cc(-c5ccc(N(c6ccccc6)c6ccccc6)cc5)c(-c5ccc(-c6ccc(C=C(C#N)C(=O)O)s6)s5)s4)cc3)c3ccc4c(c3)C(CCCC)(CCCC)c3ccccc3-4)cc21. The van der Waals surface area contributed by atoms with Gasteiger partial charge in [-0.2, -0.15) is 5.26 Å². The van der Waals surface area contributed by atoms with Crippen molar-refractivity contribution >= 4 is 80.2 Å². The van der Waals surface area contributed by atoms with Crippen molar-refractivity contribution in [1.29, 1.82) is 5.26 Å². The first-order chi connectivity index (χ1) is 44.2. The number of rotatable bonds is 24. The molecule has 0 atom stereocenters. The van der Waals surface area contributed by atoms with Gasteiger partial charge in [0.1, 0.15) is 11.6 Å². The number of carboxylic acids is 1. The van der Waals surface area contributed by atoms with E-state index in [0.717, 1.165) is 110 Å². The molecule has 8 aromatic carbocycles. The van der Waals surface area contributed by atoms with Gasteiger partial charge >= 0.3 is 5.97 Å². The molecule has 0 radical (unpaired) electrons. The first kappa shape index (κ1) is 60.1. The van der Waals surface area contributed by atoms with Gasteiger partial charge in [-0.25, -0.2) is 4.79 Å². The minimum Gasteiger partial charge on any atom is -0.477 e. The van der Waals surface area contributed by atoms with Crippen LogP contribution in [0.2, 0.25) is 0 Å². The fraction of sp³-hybridized carbons (Fsp3) is 0.220. The lowest BCUT2D eigenvalue weighted by molar-refractivity contribution is -0.132. The summed E-state index contributed by atoms with van der Waals surface area (Å²) in [5.74, 6) is -1.23. The molecule has 0 fully saturated rings. The van der Waals surface area contributed by atoms with Gasteiger partial charge in [-0.3, -0.25) is 0 Å². The second-order valence-electron chi connectivity index (χ2n) is 24.3. The van der Waals surface area contributed by atoms with Crippen LogP contribution in [0.4, 0.5) is 34.1 Å². The predicted octanol–water partition coefficient (Wildman–Crippen LogP) is 24.8. The second-order valence-corrected chi connectivity index (χ2v) is 27.5. The fourth-order valence-electron chi connectivity index (χ4n) is 14.4. The normalized spacial score (nSPS) is 13.3. The van der Waals surface area contributed by atoms with E-state index in [-0.39, 0.29) is 16.4 Å². The molecule has 1 N–H and O–H groups in total. The molecule has 2 aliphatic carbocycles. The zero-order valence-electron chi connectivity index (χ0n) is 51.8. The molecule has 0 amide bonds. The lowest BCUT2D eigenvalue weighted by atomic mass is 9.70. The Balaban J connectivity index is 0.942. The quantitative estimate of drug-likeness (QED) is 0.0482. The summed E-state index contributed by atoms with van der Waals surface area (Å²) in [6.07, 6.45) is 15.3. The minimum atomic E-state index is -1.23. The zero-order valence-corrected chi connectivity index (χ0v) is 54.3. The highest BCUT2D eigenvalue weighted by molar-refractivity contribution is 7.27. The number of hydrogen-bond donors (Lipinski definition) is 1. The summed E-state index contributed by atoms with van der Waals surface area (Å²) < 4.78 is 0. The smallest absolute Gasteiger partial charge is 0.346 e. The molecular formula is C82H75N3O2S3. The molecule has 0 saturated heterocycles. The average molecular weight is 1230 g/mol. The molecule has 0 unspecified atom stereocenters. The number of fused-ring (bicyclic) bond motifs is 6. The number of unbranched alkanes of at least 4 members (excludes halogenated alkanes) is 4. The molecule has 2 aliphatic rings. The second kappa shape index (κ2) is 26.3. The highest BCUT2D eigenvalue weighted by Crippen LogP contribution is 2.58. The van der Waals surface area contributed by atoms with Crippen molar-refractivity contribution in [1.82, 2.24) is 0 Å². The maximum Gasteiger partial charge on any atom is 0.346 e. The molecule has 448 valence electrons. The van der Waals surface area contributed by atoms with Crippen molar-refractivity contribution in [2.75, 3.05) is 9.80 Å². The number of thiophene rings is 3. The van der Waals surface area contributed by atoms with E-state index in [1.165, 1.54) is 109 Å². The number of nitrogens with zero attached hydrogens (tertiary/aromatic N) is 3. The zero-order chi connectivity index (χ0) is 61.8. The highest BCUT2D eigenvalue weighted by Gasteiger charge is 2.44. The van der Waals surface area contributed by atoms with E-state index in [9.17, 15) is 15.2 Å². The Morgan fingerprint density at radius 2 is 0.822 bits per heavy atom. The fourth-order valence-corrected chi connectivity index (χ4v) is 17.7. The van der Waals surface area contributed by atoms with E-state index >= 15 is 0 Å². The Labute approximate surface area is 543 Å². The summed E-state index contributed by atoms with van der Waals surface area (Å²) >= 11 is 5.04. The number of anilines is 6. The van der Waals surface area contributed by atoms with E-state index in [4.69, 9.17) is 0 Å². The summed E-state index contributed by atoms with van der Waals surface area (Å²) in [4.78, 5) is 23.0. The number of aliphatic carboxylic acids is 1. The van der Waals surface area contributed by atoms with E-state index < -0.39 is 5.97 Å². The van der Waals surface area contributed by atoms with E-state index in [1.807, 2.05) is 29.5 Å². The standard InChI is InChI=1S/C82H75N3O2S3/c1-5-9-47-81(48-10-6-2)71-29-21-19-27-66(71)68-42-39-63(52-73(68)81)85(64-40-43-69-67-28-20-22-30-72(67)82(49-11-7-3,50-12-8-4)74(69)53-64)62-37-33-57(34-38-62)78-54-70(56-31-35-61(36-32-56)84(59-23-15-13-16-24-59)60-25-17-14-18-26-60)79(90-78)77-46-45-76(89-77)75-44-41-65(88-75)51-58(55-83)80(86)87/h13-46,51-54H,5-12,47-50H2,1-4H3,(H,86,87). The third-order valence-electron chi connectivity index (χ3n) is 18.8. The van der Waals surface area contributed by atoms with Crippen LogP contribution in [0.1, 0.15) is 132 Å². The van der Waals surface area contributed by atoms with Crippen LogP contribution in [0.15, 0.2) is 230 Å². The molecule has 13 rings (SSSR count). The van der Waals surface area contributed by atoms with Gasteiger partial charge in [0.05, 0.1) is 4.88 Å². The molecule has 11 aromatic rings. The van der Waals surface area contributed by atoms with Gasteiger partial charge in [-0.1, -0.05) is 200 Å². The van der Waals surface area contributed by atoms with Crippen LogP contribution in [0.25, 0.3) is 69.4 Å². The summed E-state index contributed by atoms with van der Waals surface area (Å²) in [5.41, 5.74) is 21.2. The monoisotopic (exact) mass is 1230 g/mol. The van der Waals surface area contributed by atoms with Crippen LogP contribution in [0.3, 0.4) is 0 Å². The third-order valence-corrected chi connectivity index (χ3v) is 22.5. The minimum absolute atomic E-state index is 0.0615. The Kier molecular flexibility index (Phi) is 17.6. The van der Waals surface area contributed by atoms with E-state index in [0.29, 0.717) is 0 Å². The van der Waals surface area contributed by atoms with Crippen molar-refractivity contribution in [3.8, 4) is 69.4 Å². The Morgan fingerprint density at radius 3 is 1.31 bits per heavy atom. The summed E-state index contributed by atoms with van der Waals surface area (Å²) in [7, 11) is 0. The van der Waals surface area contributed by atoms with Crippen molar-refractivity contribution in [2.24, 2.45) is 0 Å². The molecule has 0 spiro atoms. The van der Waals surface area contributed by atoms with Crippen LogP contribution in [-0.4, -0.2) is 11.1 Å². The van der Waals surface area contributed by atoms with Crippen LogP contribution >= 0.6 is 34.0 Å². The first-order valence-electron chi connectivity index (χ1n) is 32.3. The van der Waals surface area contributed by atoms with Gasteiger partial charge in [0.2, 0.25) is 0 Å².